The maximum Gasteiger partial charge on any atom is 0.0594 e. The summed E-state index contributed by atoms with van der Waals surface area (Å²) in [5.74, 6) is 0. The average molecular weight is 371 g/mol. The molecule has 158 valence electrons. The monoisotopic (exact) mass is 370 g/mol. The van der Waals surface area contributed by atoms with E-state index in [2.05, 4.69) is 51.3 Å². The number of piperidine rings is 1. The molecule has 3 nitrogen and oxygen atoms in total. The van der Waals surface area contributed by atoms with E-state index < -0.39 is 0 Å². The van der Waals surface area contributed by atoms with E-state index in [1.54, 1.807) is 0 Å². The molecule has 0 aromatic rings. The van der Waals surface area contributed by atoms with Gasteiger partial charge in [-0.2, -0.15) is 0 Å². The van der Waals surface area contributed by atoms with Crippen molar-refractivity contribution in [3.05, 3.63) is 0 Å². The third-order valence-corrected chi connectivity index (χ3v) is 5.13. The van der Waals surface area contributed by atoms with Gasteiger partial charge in [0.25, 0.3) is 0 Å². The highest BCUT2D eigenvalue weighted by molar-refractivity contribution is 4.68. The summed E-state index contributed by atoms with van der Waals surface area (Å²) < 4.78 is 5.29. The van der Waals surface area contributed by atoms with E-state index >= 15 is 0 Å². The summed E-state index contributed by atoms with van der Waals surface area (Å²) in [5.41, 5.74) is 0.994. The minimum atomic E-state index is 0. The number of likely N-dealkylation sites (tertiary alicyclic amines) is 1. The molecule has 0 aromatic carbocycles. The Balaban J connectivity index is 0.000000464. The first kappa shape index (κ1) is 25.9. The average Bonchev–Trinajstić information content (AvgIpc) is 2.54. The molecular weight excluding hydrogens is 320 g/mol. The lowest BCUT2D eigenvalue weighted by Gasteiger charge is -2.29. The highest BCUT2D eigenvalue weighted by Gasteiger charge is 2.15. The van der Waals surface area contributed by atoms with Gasteiger partial charge in [0.05, 0.1) is 13.2 Å². The normalized spacial score (nSPS) is 20.1. The molecule has 26 heavy (non-hydrogen) atoms. The Morgan fingerprint density at radius 3 is 1.65 bits per heavy atom. The number of ether oxygens (including phenoxy) is 1. The van der Waals surface area contributed by atoms with Crippen molar-refractivity contribution in [1.82, 2.24) is 9.80 Å². The lowest BCUT2D eigenvalue weighted by Crippen LogP contribution is -2.37. The van der Waals surface area contributed by atoms with Gasteiger partial charge < -0.3 is 9.64 Å². The van der Waals surface area contributed by atoms with Gasteiger partial charge in [-0.15, -0.1) is 0 Å². The molecule has 0 radical (unpaired) electrons. The van der Waals surface area contributed by atoms with Crippen LogP contribution in [0.5, 0.6) is 0 Å². The zero-order valence-corrected chi connectivity index (χ0v) is 18.2. The molecule has 0 atom stereocenters. The number of rotatable bonds is 5. The van der Waals surface area contributed by atoms with E-state index in [1.807, 2.05) is 0 Å². The Hall–Kier alpha value is -0.120. The minimum Gasteiger partial charge on any atom is -0.379 e. The Morgan fingerprint density at radius 1 is 0.654 bits per heavy atom. The quantitative estimate of drug-likeness (QED) is 0.618. The summed E-state index contributed by atoms with van der Waals surface area (Å²) in [7, 11) is 0. The number of morpholine rings is 1. The summed E-state index contributed by atoms with van der Waals surface area (Å²) in [4.78, 5) is 5.13. The molecule has 0 amide bonds. The van der Waals surface area contributed by atoms with Crippen LogP contribution in [0.15, 0.2) is 0 Å². The number of hydrogen-bond donors (Lipinski definition) is 0. The molecule has 2 aliphatic rings. The van der Waals surface area contributed by atoms with Crippen molar-refractivity contribution in [3.63, 3.8) is 0 Å². The van der Waals surface area contributed by atoms with E-state index in [1.165, 1.54) is 64.7 Å². The summed E-state index contributed by atoms with van der Waals surface area (Å²) in [5, 5.41) is 0. The SMILES string of the molecule is C.CC(C)(C)CCCN1CCCCC1.CC(C)(C)CCN1CCOCC1. The van der Waals surface area contributed by atoms with Crippen molar-refractivity contribution in [2.75, 3.05) is 52.5 Å². The van der Waals surface area contributed by atoms with Crippen molar-refractivity contribution in [3.8, 4) is 0 Å². The maximum absolute atomic E-state index is 5.29. The van der Waals surface area contributed by atoms with E-state index in [4.69, 9.17) is 4.74 Å². The number of nitrogens with zero attached hydrogens (tertiary/aromatic N) is 2. The Bertz CT molecular complexity index is 318. The van der Waals surface area contributed by atoms with E-state index in [0.717, 1.165) is 26.3 Å². The first-order valence-corrected chi connectivity index (χ1v) is 10.7. The highest BCUT2D eigenvalue weighted by Crippen LogP contribution is 2.21. The van der Waals surface area contributed by atoms with E-state index in [9.17, 15) is 0 Å². The van der Waals surface area contributed by atoms with Crippen molar-refractivity contribution in [2.45, 2.75) is 87.5 Å². The van der Waals surface area contributed by atoms with Crippen LogP contribution in [0.25, 0.3) is 0 Å². The van der Waals surface area contributed by atoms with Gasteiger partial charge in [0.2, 0.25) is 0 Å². The summed E-state index contributed by atoms with van der Waals surface area (Å²) in [6.45, 7) is 23.3. The largest absolute Gasteiger partial charge is 0.379 e. The summed E-state index contributed by atoms with van der Waals surface area (Å²) >= 11 is 0. The molecule has 2 aliphatic heterocycles. The van der Waals surface area contributed by atoms with Crippen LogP contribution in [0.4, 0.5) is 0 Å². The van der Waals surface area contributed by atoms with Crippen LogP contribution in [-0.4, -0.2) is 62.3 Å². The fourth-order valence-electron chi connectivity index (χ4n) is 3.33. The fraction of sp³-hybridized carbons (Fsp3) is 1.00. The molecule has 0 saturated carbocycles. The van der Waals surface area contributed by atoms with Gasteiger partial charge in [-0.05, 0) is 69.1 Å². The second kappa shape index (κ2) is 13.1. The van der Waals surface area contributed by atoms with Gasteiger partial charge >= 0.3 is 0 Å². The second-order valence-electron chi connectivity index (χ2n) is 10.3. The van der Waals surface area contributed by atoms with Gasteiger partial charge in [0, 0.05) is 13.1 Å². The molecule has 3 heteroatoms. The molecule has 2 saturated heterocycles. The van der Waals surface area contributed by atoms with Crippen LogP contribution in [0.3, 0.4) is 0 Å². The molecule has 2 heterocycles. The molecule has 0 aromatic heterocycles. The second-order valence-corrected chi connectivity index (χ2v) is 10.3. The predicted molar refractivity (Wildman–Crippen MR) is 117 cm³/mol. The van der Waals surface area contributed by atoms with Crippen molar-refractivity contribution in [1.29, 1.82) is 0 Å². The Morgan fingerprint density at radius 2 is 1.15 bits per heavy atom. The predicted octanol–water partition coefficient (Wildman–Crippen LogP) is 5.69. The fourth-order valence-corrected chi connectivity index (χ4v) is 3.33. The first-order chi connectivity index (χ1) is 11.7. The molecule has 0 unspecified atom stereocenters. The number of hydrogen-bond acceptors (Lipinski definition) is 3. The maximum atomic E-state index is 5.29. The van der Waals surface area contributed by atoms with Gasteiger partial charge in [-0.3, -0.25) is 4.90 Å². The van der Waals surface area contributed by atoms with Gasteiger partial charge in [-0.25, -0.2) is 0 Å². The lowest BCUT2D eigenvalue weighted by atomic mass is 9.90. The zero-order valence-electron chi connectivity index (χ0n) is 18.2. The Labute approximate surface area is 165 Å². The topological polar surface area (TPSA) is 15.7 Å². The third kappa shape index (κ3) is 15.0. The minimum absolute atomic E-state index is 0. The third-order valence-electron chi connectivity index (χ3n) is 5.13. The zero-order chi connectivity index (χ0) is 18.8. The van der Waals surface area contributed by atoms with E-state index in [-0.39, 0.29) is 7.43 Å². The van der Waals surface area contributed by atoms with Crippen molar-refractivity contribution in [2.24, 2.45) is 10.8 Å². The molecule has 0 bridgehead atoms. The van der Waals surface area contributed by atoms with E-state index in [0.29, 0.717) is 10.8 Å². The molecular formula is C23H50N2O. The van der Waals surface area contributed by atoms with Gasteiger partial charge in [0.1, 0.15) is 0 Å². The van der Waals surface area contributed by atoms with Crippen LogP contribution in [0, 0.1) is 10.8 Å². The van der Waals surface area contributed by atoms with Crippen molar-refractivity contribution >= 4 is 0 Å². The standard InChI is InChI=1S/C12H25N.C10H21NO.CH4/c1-12(2,3)8-7-11-13-9-5-4-6-10-13;1-10(2,3)4-5-11-6-8-12-9-7-11;/h4-11H2,1-3H3;4-9H2,1-3H3;1H4. The van der Waals surface area contributed by atoms with Crippen LogP contribution in [-0.2, 0) is 4.74 Å². The first-order valence-electron chi connectivity index (χ1n) is 10.7. The Kier molecular flexibility index (Phi) is 13.1. The van der Waals surface area contributed by atoms with Gasteiger partial charge in [-0.1, -0.05) is 55.4 Å². The molecule has 0 spiro atoms. The molecule has 0 aliphatic carbocycles. The van der Waals surface area contributed by atoms with Crippen molar-refractivity contribution < 1.29 is 4.74 Å². The summed E-state index contributed by atoms with van der Waals surface area (Å²) in [6, 6.07) is 0. The molecule has 2 fully saturated rings. The van der Waals surface area contributed by atoms with Crippen LogP contribution in [0.1, 0.15) is 87.5 Å². The van der Waals surface area contributed by atoms with Crippen LogP contribution >= 0.6 is 0 Å². The lowest BCUT2D eigenvalue weighted by molar-refractivity contribution is 0.0333. The van der Waals surface area contributed by atoms with Gasteiger partial charge in [0.15, 0.2) is 0 Å². The highest BCUT2D eigenvalue weighted by atomic mass is 16.5. The summed E-state index contributed by atoms with van der Waals surface area (Å²) in [6.07, 6.45) is 8.33. The van der Waals surface area contributed by atoms with Crippen LogP contribution in [0.2, 0.25) is 0 Å². The molecule has 2 rings (SSSR count). The molecule has 0 N–H and O–H groups in total. The smallest absolute Gasteiger partial charge is 0.0594 e. The van der Waals surface area contributed by atoms with Crippen LogP contribution < -0.4 is 0 Å².